The molecule has 0 unspecified atom stereocenters. The van der Waals surface area contributed by atoms with Crippen LogP contribution in [0.15, 0.2) is 71.5 Å². The Morgan fingerprint density at radius 2 is 1.60 bits per heavy atom. The number of nitrogens with one attached hydrogen (secondary N) is 2. The number of hydrogen-bond donors (Lipinski definition) is 3. The standard InChI is InChI=1S/C14H13F2N3S.C4H4O/c15-10-5-9(6-11(16)7-10)8-18-14(20)19-13-3-1-12(17)2-4-13;1-2-4-5-3-1/h1-7H,8,17H2,(H2,18,19,20);1-4H. The molecule has 0 aliphatic carbocycles. The maximum atomic E-state index is 13.0. The number of thiocarbonyl (C=S) groups is 1. The van der Waals surface area contributed by atoms with Crippen molar-refractivity contribution in [3.05, 3.63) is 84.3 Å². The van der Waals surface area contributed by atoms with Gasteiger partial charge in [-0.1, -0.05) is 0 Å². The zero-order valence-electron chi connectivity index (χ0n) is 13.2. The summed E-state index contributed by atoms with van der Waals surface area (Å²) < 4.78 is 30.6. The number of hydrogen-bond acceptors (Lipinski definition) is 3. The van der Waals surface area contributed by atoms with Gasteiger partial charge in [-0.2, -0.15) is 0 Å². The van der Waals surface area contributed by atoms with Crippen molar-refractivity contribution in [1.82, 2.24) is 5.32 Å². The number of benzene rings is 2. The number of nitrogen functional groups attached to an aromatic ring is 1. The lowest BCUT2D eigenvalue weighted by atomic mass is 10.2. The van der Waals surface area contributed by atoms with E-state index < -0.39 is 11.6 Å². The van der Waals surface area contributed by atoms with Gasteiger partial charge in [0.1, 0.15) is 11.6 Å². The number of anilines is 2. The van der Waals surface area contributed by atoms with Crippen LogP contribution in [0.2, 0.25) is 0 Å². The lowest BCUT2D eigenvalue weighted by Crippen LogP contribution is -2.27. The molecule has 2 aromatic carbocycles. The summed E-state index contributed by atoms with van der Waals surface area (Å²) in [5.74, 6) is -1.22. The maximum Gasteiger partial charge on any atom is 0.171 e. The Bertz CT molecular complexity index is 755. The molecular weight excluding hydrogens is 344 g/mol. The van der Waals surface area contributed by atoms with Crippen LogP contribution in [0.3, 0.4) is 0 Å². The number of rotatable bonds is 3. The van der Waals surface area contributed by atoms with Gasteiger partial charge in [0.2, 0.25) is 0 Å². The molecule has 130 valence electrons. The van der Waals surface area contributed by atoms with Crippen molar-refractivity contribution < 1.29 is 13.2 Å². The van der Waals surface area contributed by atoms with Crippen molar-refractivity contribution in [1.29, 1.82) is 0 Å². The van der Waals surface area contributed by atoms with Gasteiger partial charge in [-0.3, -0.25) is 0 Å². The van der Waals surface area contributed by atoms with Gasteiger partial charge >= 0.3 is 0 Å². The fraction of sp³-hybridized carbons (Fsp3) is 0.0556. The van der Waals surface area contributed by atoms with Gasteiger partial charge in [0, 0.05) is 24.0 Å². The molecule has 0 fully saturated rings. The molecule has 0 radical (unpaired) electrons. The number of nitrogens with two attached hydrogens (primary N) is 1. The lowest BCUT2D eigenvalue weighted by Gasteiger charge is -2.11. The molecule has 0 atom stereocenters. The first-order valence-electron chi connectivity index (χ1n) is 7.35. The summed E-state index contributed by atoms with van der Waals surface area (Å²) in [5.41, 5.74) is 7.49. The van der Waals surface area contributed by atoms with Crippen LogP contribution in [0.1, 0.15) is 5.56 Å². The van der Waals surface area contributed by atoms with Gasteiger partial charge in [0.05, 0.1) is 12.5 Å². The molecule has 1 heterocycles. The van der Waals surface area contributed by atoms with E-state index in [0.29, 0.717) is 16.4 Å². The second-order valence-corrected chi connectivity index (χ2v) is 5.41. The minimum Gasteiger partial charge on any atom is -0.473 e. The smallest absolute Gasteiger partial charge is 0.171 e. The van der Waals surface area contributed by atoms with E-state index in [0.717, 1.165) is 11.8 Å². The van der Waals surface area contributed by atoms with E-state index in [-0.39, 0.29) is 6.54 Å². The second-order valence-electron chi connectivity index (χ2n) is 5.00. The van der Waals surface area contributed by atoms with E-state index in [4.69, 9.17) is 18.0 Å². The lowest BCUT2D eigenvalue weighted by molar-refractivity contribution is 0.567. The Balaban J connectivity index is 0.000000386. The zero-order chi connectivity index (χ0) is 18.1. The monoisotopic (exact) mass is 361 g/mol. The summed E-state index contributed by atoms with van der Waals surface area (Å²) in [6.45, 7) is 0.232. The molecule has 3 rings (SSSR count). The molecule has 0 saturated carbocycles. The fourth-order valence-corrected chi connectivity index (χ4v) is 2.05. The minimum atomic E-state index is -0.612. The summed E-state index contributed by atoms with van der Waals surface area (Å²) in [6.07, 6.45) is 3.25. The van der Waals surface area contributed by atoms with Gasteiger partial charge in [-0.25, -0.2) is 8.78 Å². The van der Waals surface area contributed by atoms with Crippen molar-refractivity contribution in [2.75, 3.05) is 11.1 Å². The van der Waals surface area contributed by atoms with Crippen molar-refractivity contribution in [3.63, 3.8) is 0 Å². The third-order valence-corrected chi connectivity index (χ3v) is 3.22. The number of furan rings is 1. The zero-order valence-corrected chi connectivity index (χ0v) is 14.0. The predicted molar refractivity (Wildman–Crippen MR) is 99.0 cm³/mol. The van der Waals surface area contributed by atoms with Gasteiger partial charge in [0.25, 0.3) is 0 Å². The topological polar surface area (TPSA) is 63.2 Å². The van der Waals surface area contributed by atoms with Crippen LogP contribution in [0.5, 0.6) is 0 Å². The van der Waals surface area contributed by atoms with Gasteiger partial charge in [-0.15, -0.1) is 0 Å². The van der Waals surface area contributed by atoms with Crippen LogP contribution in [-0.2, 0) is 6.54 Å². The van der Waals surface area contributed by atoms with Gasteiger partial charge in [0.15, 0.2) is 5.11 Å². The van der Waals surface area contributed by atoms with Crippen LogP contribution in [0, 0.1) is 11.6 Å². The van der Waals surface area contributed by atoms with Crippen molar-refractivity contribution in [2.24, 2.45) is 0 Å². The Hall–Kier alpha value is -2.93. The molecule has 0 amide bonds. The molecule has 1 aromatic heterocycles. The van der Waals surface area contributed by atoms with E-state index in [1.54, 1.807) is 36.8 Å². The fourth-order valence-electron chi connectivity index (χ4n) is 1.86. The largest absolute Gasteiger partial charge is 0.473 e. The Labute approximate surface area is 149 Å². The molecule has 4 N–H and O–H groups in total. The highest BCUT2D eigenvalue weighted by Gasteiger charge is 2.02. The highest BCUT2D eigenvalue weighted by atomic mass is 32.1. The average molecular weight is 361 g/mol. The summed E-state index contributed by atoms with van der Waals surface area (Å²) in [6, 6.07) is 14.0. The molecule has 7 heteroatoms. The Morgan fingerprint density at radius 3 is 2.12 bits per heavy atom. The molecule has 0 aliphatic rings. The van der Waals surface area contributed by atoms with E-state index in [9.17, 15) is 8.78 Å². The molecule has 4 nitrogen and oxygen atoms in total. The van der Waals surface area contributed by atoms with Crippen molar-refractivity contribution in [2.45, 2.75) is 6.54 Å². The minimum absolute atomic E-state index is 0.232. The average Bonchev–Trinajstić information content (AvgIpc) is 3.14. The third-order valence-electron chi connectivity index (χ3n) is 2.97. The highest BCUT2D eigenvalue weighted by molar-refractivity contribution is 7.80. The molecule has 3 aromatic rings. The Morgan fingerprint density at radius 1 is 1.00 bits per heavy atom. The SMILES string of the molecule is Nc1ccc(NC(=S)NCc2cc(F)cc(F)c2)cc1.c1ccoc1. The van der Waals surface area contributed by atoms with Crippen LogP contribution in [-0.4, -0.2) is 5.11 Å². The maximum absolute atomic E-state index is 13.0. The number of halogens is 2. The van der Waals surface area contributed by atoms with Crippen molar-refractivity contribution in [3.8, 4) is 0 Å². The molecule has 0 spiro atoms. The first kappa shape index (κ1) is 18.4. The van der Waals surface area contributed by atoms with Gasteiger partial charge < -0.3 is 20.8 Å². The normalized spacial score (nSPS) is 9.68. The summed E-state index contributed by atoms with van der Waals surface area (Å²) >= 11 is 5.09. The van der Waals surface area contributed by atoms with E-state index in [2.05, 4.69) is 15.1 Å². The summed E-state index contributed by atoms with van der Waals surface area (Å²) in [7, 11) is 0. The van der Waals surface area contributed by atoms with Crippen LogP contribution in [0.4, 0.5) is 20.2 Å². The van der Waals surface area contributed by atoms with Crippen LogP contribution in [0.25, 0.3) is 0 Å². The van der Waals surface area contributed by atoms with Crippen LogP contribution < -0.4 is 16.4 Å². The summed E-state index contributed by atoms with van der Waals surface area (Å²) in [4.78, 5) is 0. The van der Waals surface area contributed by atoms with E-state index in [1.807, 2.05) is 12.1 Å². The second kappa shape index (κ2) is 9.39. The first-order chi connectivity index (χ1) is 12.0. The molecular formula is C18H17F2N3OS. The summed E-state index contributed by atoms with van der Waals surface area (Å²) in [5, 5.41) is 6.18. The quantitative estimate of drug-likeness (QED) is 0.479. The van der Waals surface area contributed by atoms with E-state index >= 15 is 0 Å². The van der Waals surface area contributed by atoms with E-state index in [1.165, 1.54) is 12.1 Å². The Kier molecular flexibility index (Phi) is 6.91. The molecule has 0 aliphatic heterocycles. The highest BCUT2D eigenvalue weighted by Crippen LogP contribution is 2.11. The molecule has 0 saturated heterocycles. The predicted octanol–water partition coefficient (Wildman–Crippen LogP) is 4.31. The molecule has 0 bridgehead atoms. The van der Waals surface area contributed by atoms with Crippen LogP contribution >= 0.6 is 12.2 Å². The third kappa shape index (κ3) is 7.01. The van der Waals surface area contributed by atoms with Crippen molar-refractivity contribution >= 4 is 28.7 Å². The van der Waals surface area contributed by atoms with Gasteiger partial charge in [-0.05, 0) is 66.3 Å². The molecule has 25 heavy (non-hydrogen) atoms. The first-order valence-corrected chi connectivity index (χ1v) is 7.76.